The molecule has 126 valence electrons. The predicted octanol–water partition coefficient (Wildman–Crippen LogP) is 3.86. The summed E-state index contributed by atoms with van der Waals surface area (Å²) in [5, 5.41) is 14.5. The van der Waals surface area contributed by atoms with Crippen LogP contribution in [0.15, 0.2) is 14.1 Å². The average molecular weight is 389 g/mol. The summed E-state index contributed by atoms with van der Waals surface area (Å²) in [7, 11) is 0. The maximum Gasteiger partial charge on any atom is 0.230 e. The molecular weight excluding hydrogens is 368 g/mol. The lowest BCUT2D eigenvalue weighted by atomic mass is 10.3. The number of thioether (sulfide) groups is 2. The summed E-state index contributed by atoms with van der Waals surface area (Å²) >= 11 is 6.35. The molecule has 9 heteroatoms. The largest absolute Gasteiger partial charge is 0.355 e. The number of amides is 1. The van der Waals surface area contributed by atoms with Gasteiger partial charge in [0, 0.05) is 17.7 Å². The van der Waals surface area contributed by atoms with Gasteiger partial charge in [-0.1, -0.05) is 48.7 Å². The van der Waals surface area contributed by atoms with E-state index in [0.717, 1.165) is 45.9 Å². The molecular formula is C14H20N4OS4. The third kappa shape index (κ3) is 6.78. The first-order chi connectivity index (χ1) is 11.2. The van der Waals surface area contributed by atoms with Crippen LogP contribution in [-0.2, 0) is 17.0 Å². The Kier molecular flexibility index (Phi) is 8.35. The predicted molar refractivity (Wildman–Crippen MR) is 99.6 cm³/mol. The first kappa shape index (κ1) is 18.7. The van der Waals surface area contributed by atoms with Gasteiger partial charge in [0.2, 0.25) is 5.91 Å². The van der Waals surface area contributed by atoms with Crippen LogP contribution in [0.25, 0.3) is 0 Å². The van der Waals surface area contributed by atoms with Crippen molar-refractivity contribution >= 4 is 52.1 Å². The molecule has 2 aromatic heterocycles. The number of carbonyl (C=O) groups is 1. The number of aryl methyl sites for hydroxylation is 1. The highest BCUT2D eigenvalue weighted by Crippen LogP contribution is 2.30. The van der Waals surface area contributed by atoms with Crippen LogP contribution in [0.2, 0.25) is 0 Å². The number of thiazole rings is 1. The molecule has 0 aliphatic carbocycles. The second-order valence-corrected chi connectivity index (χ2v) is 9.11. The van der Waals surface area contributed by atoms with Crippen molar-refractivity contribution in [2.24, 2.45) is 0 Å². The van der Waals surface area contributed by atoms with E-state index in [1.54, 1.807) is 23.1 Å². The normalized spacial score (nSPS) is 10.9. The molecule has 0 fully saturated rings. The van der Waals surface area contributed by atoms with Crippen LogP contribution in [0.3, 0.4) is 0 Å². The summed E-state index contributed by atoms with van der Waals surface area (Å²) in [5.74, 6) is 1.26. The minimum atomic E-state index is 0.0483. The van der Waals surface area contributed by atoms with Gasteiger partial charge in [-0.25, -0.2) is 4.98 Å². The van der Waals surface area contributed by atoms with Crippen LogP contribution in [0.5, 0.6) is 0 Å². The second kappa shape index (κ2) is 10.3. The molecule has 0 unspecified atom stereocenters. The zero-order valence-electron chi connectivity index (χ0n) is 13.2. The van der Waals surface area contributed by atoms with Crippen molar-refractivity contribution in [1.29, 1.82) is 0 Å². The van der Waals surface area contributed by atoms with Gasteiger partial charge in [0.25, 0.3) is 0 Å². The summed E-state index contributed by atoms with van der Waals surface area (Å²) in [6.45, 7) is 4.93. The maximum atomic E-state index is 11.6. The number of hydrogen-bond acceptors (Lipinski definition) is 8. The molecule has 1 amide bonds. The Hall–Kier alpha value is -0.640. The number of aromatic nitrogens is 3. The summed E-state index contributed by atoms with van der Waals surface area (Å²) in [4.78, 5) is 16.2. The third-order valence-electron chi connectivity index (χ3n) is 2.69. The molecule has 0 bridgehead atoms. The third-order valence-corrected chi connectivity index (χ3v) is 6.87. The van der Waals surface area contributed by atoms with E-state index in [4.69, 9.17) is 0 Å². The first-order valence-corrected chi connectivity index (χ1v) is 11.2. The Morgan fingerprint density at radius 2 is 2.00 bits per heavy atom. The van der Waals surface area contributed by atoms with Gasteiger partial charge in [0.05, 0.1) is 16.5 Å². The molecule has 0 atom stereocenters. The Morgan fingerprint density at radius 3 is 2.74 bits per heavy atom. The zero-order valence-corrected chi connectivity index (χ0v) is 16.5. The van der Waals surface area contributed by atoms with Crippen molar-refractivity contribution in [3.05, 3.63) is 16.1 Å². The topological polar surface area (TPSA) is 67.8 Å². The SMILES string of the molecule is CCCNC(=O)CSc1nnc(SCc2csc(CCC)n2)s1. The summed E-state index contributed by atoms with van der Waals surface area (Å²) in [5.41, 5.74) is 1.10. The monoisotopic (exact) mass is 388 g/mol. The average Bonchev–Trinajstić information content (AvgIpc) is 3.18. The van der Waals surface area contributed by atoms with Crippen LogP contribution in [0.1, 0.15) is 37.4 Å². The molecule has 0 aliphatic heterocycles. The van der Waals surface area contributed by atoms with Crippen molar-refractivity contribution in [3.63, 3.8) is 0 Å². The van der Waals surface area contributed by atoms with Crippen LogP contribution >= 0.6 is 46.2 Å². The fourth-order valence-electron chi connectivity index (χ4n) is 1.64. The zero-order chi connectivity index (χ0) is 16.5. The van der Waals surface area contributed by atoms with E-state index in [1.807, 2.05) is 6.92 Å². The maximum absolute atomic E-state index is 11.6. The summed E-state index contributed by atoms with van der Waals surface area (Å²) in [6, 6.07) is 0. The molecule has 5 nitrogen and oxygen atoms in total. The van der Waals surface area contributed by atoms with Gasteiger partial charge >= 0.3 is 0 Å². The minimum Gasteiger partial charge on any atom is -0.355 e. The van der Waals surface area contributed by atoms with E-state index < -0.39 is 0 Å². The lowest BCUT2D eigenvalue weighted by Gasteiger charge is -2.00. The Morgan fingerprint density at radius 1 is 1.22 bits per heavy atom. The minimum absolute atomic E-state index is 0.0483. The molecule has 0 saturated heterocycles. The fraction of sp³-hybridized carbons (Fsp3) is 0.571. The quantitative estimate of drug-likeness (QED) is 0.623. The molecule has 23 heavy (non-hydrogen) atoms. The molecule has 1 N–H and O–H groups in total. The van der Waals surface area contributed by atoms with E-state index in [9.17, 15) is 4.79 Å². The molecule has 0 radical (unpaired) electrons. The molecule has 0 aromatic carbocycles. The van der Waals surface area contributed by atoms with E-state index in [-0.39, 0.29) is 5.91 Å². The molecule has 0 aliphatic rings. The number of hydrogen-bond donors (Lipinski definition) is 1. The van der Waals surface area contributed by atoms with Crippen molar-refractivity contribution < 1.29 is 4.79 Å². The Labute approximate surface area is 153 Å². The first-order valence-electron chi connectivity index (χ1n) is 7.50. The molecule has 2 aromatic rings. The lowest BCUT2D eigenvalue weighted by molar-refractivity contribution is -0.118. The Bertz CT molecular complexity index is 613. The van der Waals surface area contributed by atoms with E-state index in [2.05, 4.69) is 32.8 Å². The van der Waals surface area contributed by atoms with Gasteiger partial charge in [-0.3, -0.25) is 4.79 Å². The number of carbonyl (C=O) groups excluding carboxylic acids is 1. The van der Waals surface area contributed by atoms with Crippen molar-refractivity contribution in [3.8, 4) is 0 Å². The van der Waals surface area contributed by atoms with E-state index >= 15 is 0 Å². The van der Waals surface area contributed by atoms with E-state index in [0.29, 0.717) is 5.75 Å². The number of nitrogens with one attached hydrogen (secondary N) is 1. The van der Waals surface area contributed by atoms with E-state index in [1.165, 1.54) is 28.1 Å². The molecule has 2 heterocycles. The van der Waals surface area contributed by atoms with Gasteiger partial charge in [-0.15, -0.1) is 21.5 Å². The second-order valence-electron chi connectivity index (χ2n) is 4.74. The standard InChI is InChI=1S/C14H20N4OS4/c1-3-5-12-16-10(7-20-12)8-21-13-17-18-14(23-13)22-9-11(19)15-6-4-2/h7H,3-6,8-9H2,1-2H3,(H,15,19). The van der Waals surface area contributed by atoms with Crippen LogP contribution in [0.4, 0.5) is 0 Å². The number of nitrogens with zero attached hydrogens (tertiary/aromatic N) is 3. The summed E-state index contributed by atoms with van der Waals surface area (Å²) in [6.07, 6.45) is 3.13. The molecule has 2 rings (SSSR count). The van der Waals surface area contributed by atoms with Crippen molar-refractivity contribution in [2.75, 3.05) is 12.3 Å². The molecule has 0 spiro atoms. The smallest absolute Gasteiger partial charge is 0.230 e. The fourth-order valence-corrected chi connectivity index (χ4v) is 5.38. The Balaban J connectivity index is 1.74. The van der Waals surface area contributed by atoms with Gasteiger partial charge in [0.15, 0.2) is 8.68 Å². The van der Waals surface area contributed by atoms with Crippen molar-refractivity contribution in [1.82, 2.24) is 20.5 Å². The lowest BCUT2D eigenvalue weighted by Crippen LogP contribution is -2.25. The highest BCUT2D eigenvalue weighted by Gasteiger charge is 2.09. The van der Waals surface area contributed by atoms with Gasteiger partial charge in [-0.05, 0) is 19.3 Å². The summed E-state index contributed by atoms with van der Waals surface area (Å²) < 4.78 is 1.76. The van der Waals surface area contributed by atoms with Crippen LogP contribution < -0.4 is 5.32 Å². The van der Waals surface area contributed by atoms with Crippen molar-refractivity contribution in [2.45, 2.75) is 47.5 Å². The van der Waals surface area contributed by atoms with Gasteiger partial charge in [-0.2, -0.15) is 0 Å². The van der Waals surface area contributed by atoms with Gasteiger partial charge < -0.3 is 5.32 Å². The van der Waals surface area contributed by atoms with Crippen LogP contribution in [0, 0.1) is 0 Å². The molecule has 0 saturated carbocycles. The highest BCUT2D eigenvalue weighted by atomic mass is 32.2. The number of rotatable bonds is 10. The van der Waals surface area contributed by atoms with Crippen LogP contribution in [-0.4, -0.2) is 33.4 Å². The highest BCUT2D eigenvalue weighted by molar-refractivity contribution is 8.03. The van der Waals surface area contributed by atoms with Gasteiger partial charge in [0.1, 0.15) is 0 Å².